The zero-order valence-electron chi connectivity index (χ0n) is 16.2. The zero-order valence-corrected chi connectivity index (χ0v) is 17.7. The summed E-state index contributed by atoms with van der Waals surface area (Å²) in [6.07, 6.45) is 4.89. The summed E-state index contributed by atoms with van der Waals surface area (Å²) in [5.74, 6) is 1.89. The summed E-state index contributed by atoms with van der Waals surface area (Å²) < 4.78 is 11.3. The lowest BCUT2D eigenvalue weighted by molar-refractivity contribution is 0.0521. The number of halogens is 1. The SMILES string of the molecule is COc1ccc(OC)c([C@]23CCC[C@H](C2)N(Cc2ccccc2)C[C@H]3Br)c1. The molecule has 3 nitrogen and oxygen atoms in total. The van der Waals surface area contributed by atoms with E-state index in [1.165, 1.54) is 36.8 Å². The number of hydrogen-bond acceptors (Lipinski definition) is 3. The molecular formula is C23H28BrNO2. The van der Waals surface area contributed by atoms with Crippen molar-refractivity contribution in [3.05, 3.63) is 59.7 Å². The number of benzene rings is 2. The Morgan fingerprint density at radius 1 is 1.11 bits per heavy atom. The summed E-state index contributed by atoms with van der Waals surface area (Å²) >= 11 is 4.10. The van der Waals surface area contributed by atoms with E-state index in [2.05, 4.69) is 63.3 Å². The number of likely N-dealkylation sites (tertiary alicyclic amines) is 1. The van der Waals surface area contributed by atoms with Gasteiger partial charge in [-0.2, -0.15) is 0 Å². The van der Waals surface area contributed by atoms with E-state index >= 15 is 0 Å². The predicted molar refractivity (Wildman–Crippen MR) is 113 cm³/mol. The molecule has 27 heavy (non-hydrogen) atoms. The van der Waals surface area contributed by atoms with Crippen LogP contribution in [-0.4, -0.2) is 36.5 Å². The highest BCUT2D eigenvalue weighted by Gasteiger charge is 2.50. The van der Waals surface area contributed by atoms with Gasteiger partial charge >= 0.3 is 0 Å². The molecule has 2 aromatic carbocycles. The van der Waals surface area contributed by atoms with E-state index < -0.39 is 0 Å². The summed E-state index contributed by atoms with van der Waals surface area (Å²) in [7, 11) is 3.51. The van der Waals surface area contributed by atoms with Crippen molar-refractivity contribution in [3.63, 3.8) is 0 Å². The van der Waals surface area contributed by atoms with E-state index in [9.17, 15) is 0 Å². The van der Waals surface area contributed by atoms with Gasteiger partial charge in [0.2, 0.25) is 0 Å². The van der Waals surface area contributed by atoms with E-state index in [4.69, 9.17) is 9.47 Å². The lowest BCUT2D eigenvalue weighted by atomic mass is 9.63. The Kier molecular flexibility index (Phi) is 5.47. The Morgan fingerprint density at radius 3 is 2.67 bits per heavy atom. The van der Waals surface area contributed by atoms with Crippen molar-refractivity contribution in [2.24, 2.45) is 0 Å². The van der Waals surface area contributed by atoms with Gasteiger partial charge in [-0.1, -0.05) is 52.7 Å². The van der Waals surface area contributed by atoms with Crippen molar-refractivity contribution < 1.29 is 9.47 Å². The molecule has 4 heteroatoms. The average Bonchev–Trinajstić information content (AvgIpc) is 2.72. The zero-order chi connectivity index (χ0) is 18.9. The van der Waals surface area contributed by atoms with E-state index in [0.717, 1.165) is 24.6 Å². The second kappa shape index (κ2) is 7.84. The van der Waals surface area contributed by atoms with E-state index in [1.54, 1.807) is 14.2 Å². The third kappa shape index (κ3) is 3.50. The number of piperidine rings is 1. The van der Waals surface area contributed by atoms with Gasteiger partial charge in [-0.05, 0) is 43.0 Å². The van der Waals surface area contributed by atoms with Crippen LogP contribution in [0.1, 0.15) is 36.8 Å². The molecule has 1 aliphatic heterocycles. The minimum Gasteiger partial charge on any atom is -0.497 e. The average molecular weight is 430 g/mol. The smallest absolute Gasteiger partial charge is 0.122 e. The number of nitrogens with zero attached hydrogens (tertiary/aromatic N) is 1. The van der Waals surface area contributed by atoms with Gasteiger partial charge in [0, 0.05) is 34.9 Å². The van der Waals surface area contributed by atoms with Crippen LogP contribution in [0.15, 0.2) is 48.5 Å². The molecule has 0 radical (unpaired) electrons. The fourth-order valence-electron chi connectivity index (χ4n) is 5.03. The second-order valence-corrected chi connectivity index (χ2v) is 8.96. The van der Waals surface area contributed by atoms with Crippen LogP contribution in [0.2, 0.25) is 0 Å². The summed E-state index contributed by atoms with van der Waals surface area (Å²) in [4.78, 5) is 3.06. The first kappa shape index (κ1) is 18.8. The van der Waals surface area contributed by atoms with Crippen molar-refractivity contribution >= 4 is 15.9 Å². The first-order valence-electron chi connectivity index (χ1n) is 9.81. The minimum atomic E-state index is 0.107. The molecule has 144 valence electrons. The predicted octanol–water partition coefficient (Wildman–Crippen LogP) is 5.16. The topological polar surface area (TPSA) is 21.7 Å². The second-order valence-electron chi connectivity index (χ2n) is 7.86. The first-order chi connectivity index (χ1) is 13.2. The molecule has 4 rings (SSSR count). The van der Waals surface area contributed by atoms with Crippen molar-refractivity contribution in [1.29, 1.82) is 0 Å². The molecule has 2 bridgehead atoms. The van der Waals surface area contributed by atoms with Gasteiger partial charge in [-0.15, -0.1) is 0 Å². The normalized spacial score (nSPS) is 28.0. The van der Waals surface area contributed by atoms with Gasteiger partial charge in [-0.3, -0.25) is 4.90 Å². The highest BCUT2D eigenvalue weighted by Crippen LogP contribution is 2.52. The lowest BCUT2D eigenvalue weighted by Crippen LogP contribution is -2.57. The van der Waals surface area contributed by atoms with Crippen LogP contribution in [0.25, 0.3) is 0 Å². The van der Waals surface area contributed by atoms with Gasteiger partial charge in [0.1, 0.15) is 11.5 Å². The highest BCUT2D eigenvalue weighted by atomic mass is 79.9. The Bertz CT molecular complexity index is 781. The fraction of sp³-hybridized carbons (Fsp3) is 0.478. The molecular weight excluding hydrogens is 402 g/mol. The number of rotatable bonds is 5. The van der Waals surface area contributed by atoms with Crippen molar-refractivity contribution in [1.82, 2.24) is 4.90 Å². The highest BCUT2D eigenvalue weighted by molar-refractivity contribution is 9.09. The Balaban J connectivity index is 1.65. The maximum Gasteiger partial charge on any atom is 0.122 e. The summed E-state index contributed by atoms with van der Waals surface area (Å²) in [6, 6.07) is 17.7. The maximum absolute atomic E-state index is 5.77. The number of alkyl halides is 1. The third-order valence-electron chi connectivity index (χ3n) is 6.44. The molecule has 2 aliphatic rings. The Hall–Kier alpha value is -1.52. The Labute approximate surface area is 170 Å². The van der Waals surface area contributed by atoms with Crippen molar-refractivity contribution in [3.8, 4) is 11.5 Å². The first-order valence-corrected chi connectivity index (χ1v) is 10.7. The van der Waals surface area contributed by atoms with Crippen LogP contribution in [-0.2, 0) is 12.0 Å². The van der Waals surface area contributed by atoms with Gasteiger partial charge in [0.25, 0.3) is 0 Å². The van der Waals surface area contributed by atoms with Crippen LogP contribution in [0.4, 0.5) is 0 Å². The van der Waals surface area contributed by atoms with E-state index in [-0.39, 0.29) is 5.41 Å². The van der Waals surface area contributed by atoms with Crippen molar-refractivity contribution in [2.45, 2.75) is 48.5 Å². The number of fused-ring (bicyclic) bond motifs is 2. The molecule has 1 aliphatic carbocycles. The molecule has 0 spiro atoms. The van der Waals surface area contributed by atoms with Gasteiger partial charge < -0.3 is 9.47 Å². The summed E-state index contributed by atoms with van der Waals surface area (Å²) in [5.41, 5.74) is 2.81. The molecule has 0 unspecified atom stereocenters. The summed E-state index contributed by atoms with van der Waals surface area (Å²) in [6.45, 7) is 2.08. The molecule has 2 fully saturated rings. The molecule has 1 saturated heterocycles. The number of methoxy groups -OCH3 is 2. The molecule has 0 N–H and O–H groups in total. The molecule has 2 aromatic rings. The summed E-state index contributed by atoms with van der Waals surface area (Å²) in [5, 5.41) is 0. The standard InChI is InChI=1S/C23H28BrNO2/c1-26-19-10-11-21(27-2)20(13-19)23-12-6-9-18(14-23)25(16-22(23)24)15-17-7-4-3-5-8-17/h3-5,7-8,10-11,13,18,22H,6,9,12,14-16H2,1-2H3/t18-,22-,23+/m1/s1. The maximum atomic E-state index is 5.77. The number of ether oxygens (including phenoxy) is 2. The molecule has 3 atom stereocenters. The molecule has 0 aromatic heterocycles. The van der Waals surface area contributed by atoms with Gasteiger partial charge in [0.15, 0.2) is 0 Å². The monoisotopic (exact) mass is 429 g/mol. The largest absolute Gasteiger partial charge is 0.497 e. The molecule has 1 heterocycles. The quantitative estimate of drug-likeness (QED) is 0.612. The Morgan fingerprint density at radius 2 is 1.93 bits per heavy atom. The van der Waals surface area contributed by atoms with Crippen LogP contribution >= 0.6 is 15.9 Å². The number of hydrogen-bond donors (Lipinski definition) is 0. The van der Waals surface area contributed by atoms with Gasteiger partial charge in [0.05, 0.1) is 14.2 Å². The molecule has 1 saturated carbocycles. The van der Waals surface area contributed by atoms with Crippen LogP contribution in [0, 0.1) is 0 Å². The lowest BCUT2D eigenvalue weighted by Gasteiger charge is -2.54. The van der Waals surface area contributed by atoms with E-state index in [1.807, 2.05) is 6.07 Å². The minimum absolute atomic E-state index is 0.107. The fourth-order valence-corrected chi connectivity index (χ4v) is 6.07. The third-order valence-corrected chi connectivity index (χ3v) is 7.61. The van der Waals surface area contributed by atoms with E-state index in [0.29, 0.717) is 10.9 Å². The molecule has 0 amide bonds. The van der Waals surface area contributed by atoms with Crippen LogP contribution in [0.3, 0.4) is 0 Å². The van der Waals surface area contributed by atoms with Crippen LogP contribution in [0.5, 0.6) is 11.5 Å². The van der Waals surface area contributed by atoms with Crippen LogP contribution < -0.4 is 9.47 Å². The van der Waals surface area contributed by atoms with Crippen molar-refractivity contribution in [2.75, 3.05) is 20.8 Å². The van der Waals surface area contributed by atoms with Gasteiger partial charge in [-0.25, -0.2) is 0 Å².